The highest BCUT2D eigenvalue weighted by molar-refractivity contribution is 5.93. The van der Waals surface area contributed by atoms with E-state index >= 15 is 0 Å². The van der Waals surface area contributed by atoms with Crippen LogP contribution in [0, 0.1) is 6.92 Å². The second-order valence-corrected chi connectivity index (χ2v) is 6.15. The molecule has 1 atom stereocenters. The van der Waals surface area contributed by atoms with E-state index in [9.17, 15) is 9.59 Å². The number of rotatable bonds is 5. The van der Waals surface area contributed by atoms with Crippen molar-refractivity contribution < 1.29 is 4.79 Å². The van der Waals surface area contributed by atoms with Gasteiger partial charge in [0.15, 0.2) is 0 Å². The summed E-state index contributed by atoms with van der Waals surface area (Å²) in [6.45, 7) is 3.88. The molecular formula is C21H21N3O2. The average molecular weight is 347 g/mol. The zero-order chi connectivity index (χ0) is 18.5. The maximum absolute atomic E-state index is 12.7. The van der Waals surface area contributed by atoms with Gasteiger partial charge in [-0.25, -0.2) is 4.68 Å². The van der Waals surface area contributed by atoms with Gasteiger partial charge in [0.05, 0.1) is 5.69 Å². The first-order chi connectivity index (χ1) is 12.6. The molecule has 0 saturated heterocycles. The van der Waals surface area contributed by atoms with Gasteiger partial charge in [-0.2, -0.15) is 5.10 Å². The number of nitrogens with zero attached hydrogens (tertiary/aromatic N) is 2. The molecule has 1 N–H and O–H groups in total. The highest BCUT2D eigenvalue weighted by Gasteiger charge is 2.21. The van der Waals surface area contributed by atoms with Gasteiger partial charge in [0.25, 0.3) is 5.56 Å². The van der Waals surface area contributed by atoms with Crippen LogP contribution < -0.4 is 10.9 Å². The Kier molecular flexibility index (Phi) is 5.27. The maximum Gasteiger partial charge on any atom is 0.267 e. The van der Waals surface area contributed by atoms with Gasteiger partial charge in [0, 0.05) is 17.3 Å². The number of para-hydroxylation sites is 1. The van der Waals surface area contributed by atoms with Crippen LogP contribution in [0.2, 0.25) is 0 Å². The van der Waals surface area contributed by atoms with E-state index in [1.165, 1.54) is 10.7 Å². The van der Waals surface area contributed by atoms with E-state index in [-0.39, 0.29) is 11.5 Å². The first-order valence-electron chi connectivity index (χ1n) is 8.61. The van der Waals surface area contributed by atoms with E-state index in [2.05, 4.69) is 10.4 Å². The average Bonchev–Trinajstić information content (AvgIpc) is 2.65. The molecule has 132 valence electrons. The lowest BCUT2D eigenvalue weighted by atomic mass is 10.1. The minimum Gasteiger partial charge on any atom is -0.324 e. The molecule has 0 aliphatic heterocycles. The molecule has 5 heteroatoms. The van der Waals surface area contributed by atoms with Crippen LogP contribution in [0.5, 0.6) is 0 Å². The predicted octanol–water partition coefficient (Wildman–Crippen LogP) is 3.81. The Balaban J connectivity index is 1.92. The van der Waals surface area contributed by atoms with Crippen molar-refractivity contribution in [3.63, 3.8) is 0 Å². The molecule has 0 bridgehead atoms. The number of anilines is 1. The fraction of sp³-hybridized carbons (Fsp3) is 0.190. The summed E-state index contributed by atoms with van der Waals surface area (Å²) in [5.74, 6) is -0.255. The molecule has 2 aromatic carbocycles. The largest absolute Gasteiger partial charge is 0.324 e. The second kappa shape index (κ2) is 7.78. The summed E-state index contributed by atoms with van der Waals surface area (Å²) < 4.78 is 1.27. The maximum atomic E-state index is 12.7. The molecule has 1 amide bonds. The van der Waals surface area contributed by atoms with Gasteiger partial charge in [0.1, 0.15) is 6.04 Å². The molecule has 0 spiro atoms. The molecule has 0 radical (unpaired) electrons. The first-order valence-corrected chi connectivity index (χ1v) is 8.61. The van der Waals surface area contributed by atoms with Gasteiger partial charge in [0.2, 0.25) is 5.91 Å². The lowest BCUT2D eigenvalue weighted by molar-refractivity contribution is -0.119. The molecule has 1 heterocycles. The fourth-order valence-corrected chi connectivity index (χ4v) is 2.74. The summed E-state index contributed by atoms with van der Waals surface area (Å²) in [7, 11) is 0. The van der Waals surface area contributed by atoms with Crippen LogP contribution in [-0.4, -0.2) is 15.7 Å². The number of aryl methyl sites for hydroxylation is 1. The monoisotopic (exact) mass is 347 g/mol. The van der Waals surface area contributed by atoms with Gasteiger partial charge in [-0.3, -0.25) is 9.59 Å². The van der Waals surface area contributed by atoms with E-state index in [0.29, 0.717) is 17.8 Å². The molecular weight excluding hydrogens is 326 g/mol. The van der Waals surface area contributed by atoms with Gasteiger partial charge >= 0.3 is 0 Å². The van der Waals surface area contributed by atoms with Crippen molar-refractivity contribution in [1.82, 2.24) is 9.78 Å². The van der Waals surface area contributed by atoms with Crippen molar-refractivity contribution in [2.45, 2.75) is 26.3 Å². The summed E-state index contributed by atoms with van der Waals surface area (Å²) in [6.07, 6.45) is 0.461. The van der Waals surface area contributed by atoms with Crippen molar-refractivity contribution in [3.05, 3.63) is 82.6 Å². The van der Waals surface area contributed by atoms with E-state index in [1.807, 2.05) is 68.4 Å². The topological polar surface area (TPSA) is 64.0 Å². The Morgan fingerprint density at radius 2 is 1.73 bits per heavy atom. The van der Waals surface area contributed by atoms with Crippen molar-refractivity contribution >= 4 is 11.6 Å². The smallest absolute Gasteiger partial charge is 0.267 e. The van der Waals surface area contributed by atoms with Crippen LogP contribution in [0.4, 0.5) is 5.69 Å². The number of hydrogen-bond acceptors (Lipinski definition) is 3. The van der Waals surface area contributed by atoms with Crippen molar-refractivity contribution in [3.8, 4) is 11.3 Å². The van der Waals surface area contributed by atoms with Crippen LogP contribution in [0.15, 0.2) is 71.5 Å². The van der Waals surface area contributed by atoms with Crippen LogP contribution >= 0.6 is 0 Å². The third kappa shape index (κ3) is 3.88. The third-order valence-corrected chi connectivity index (χ3v) is 4.20. The number of hydrogen-bond donors (Lipinski definition) is 1. The highest BCUT2D eigenvalue weighted by atomic mass is 16.2. The lowest BCUT2D eigenvalue weighted by Gasteiger charge is -2.17. The molecule has 26 heavy (non-hydrogen) atoms. The van der Waals surface area contributed by atoms with E-state index in [4.69, 9.17) is 0 Å². The standard InChI is InChI=1S/C21H21N3O2/c1-3-19(21(26)22-17-7-5-4-6-8-17)24-20(25)14-13-18(23-24)16-11-9-15(2)10-12-16/h4-14,19H,3H2,1-2H3,(H,22,26)/t19-/m1/s1. The Hall–Kier alpha value is -3.21. The van der Waals surface area contributed by atoms with Gasteiger partial charge in [-0.1, -0.05) is 55.0 Å². The summed E-state index contributed by atoms with van der Waals surface area (Å²) in [5.41, 5.74) is 3.11. The fourth-order valence-electron chi connectivity index (χ4n) is 2.74. The van der Waals surface area contributed by atoms with Gasteiger partial charge < -0.3 is 5.32 Å². The number of aromatic nitrogens is 2. The number of nitrogens with one attached hydrogen (secondary N) is 1. The molecule has 3 rings (SSSR count). The van der Waals surface area contributed by atoms with E-state index in [1.54, 1.807) is 6.07 Å². The van der Waals surface area contributed by atoms with Crippen molar-refractivity contribution in [1.29, 1.82) is 0 Å². The van der Waals surface area contributed by atoms with Crippen LogP contribution in [0.3, 0.4) is 0 Å². The van der Waals surface area contributed by atoms with Crippen molar-refractivity contribution in [2.24, 2.45) is 0 Å². The molecule has 1 aromatic heterocycles. The third-order valence-electron chi connectivity index (χ3n) is 4.20. The van der Waals surface area contributed by atoms with Crippen LogP contribution in [0.25, 0.3) is 11.3 Å². The molecule has 0 aliphatic rings. The predicted molar refractivity (Wildman–Crippen MR) is 103 cm³/mol. The zero-order valence-corrected chi connectivity index (χ0v) is 14.8. The van der Waals surface area contributed by atoms with Crippen LogP contribution in [0.1, 0.15) is 24.9 Å². The quantitative estimate of drug-likeness (QED) is 0.763. The van der Waals surface area contributed by atoms with Gasteiger partial charge in [-0.05, 0) is 31.5 Å². The number of carbonyl (C=O) groups excluding carboxylic acids is 1. The Morgan fingerprint density at radius 1 is 1.04 bits per heavy atom. The minimum absolute atomic E-state index is 0.255. The van der Waals surface area contributed by atoms with Crippen LogP contribution in [-0.2, 0) is 4.79 Å². The summed E-state index contributed by atoms with van der Waals surface area (Å²) in [4.78, 5) is 25.0. The van der Waals surface area contributed by atoms with Crippen molar-refractivity contribution in [2.75, 3.05) is 5.32 Å². The molecule has 0 saturated carbocycles. The number of carbonyl (C=O) groups is 1. The Morgan fingerprint density at radius 3 is 2.38 bits per heavy atom. The molecule has 0 unspecified atom stereocenters. The summed E-state index contributed by atoms with van der Waals surface area (Å²) in [6, 6.07) is 19.6. The normalized spacial score (nSPS) is 11.8. The second-order valence-electron chi connectivity index (χ2n) is 6.15. The molecule has 3 aromatic rings. The SMILES string of the molecule is CC[C@H](C(=O)Nc1ccccc1)n1nc(-c2ccc(C)cc2)ccc1=O. The van der Waals surface area contributed by atoms with Gasteiger partial charge in [-0.15, -0.1) is 0 Å². The first kappa shape index (κ1) is 17.6. The Labute approximate surface area is 152 Å². The molecule has 0 aliphatic carbocycles. The highest BCUT2D eigenvalue weighted by Crippen LogP contribution is 2.18. The number of amides is 1. The lowest BCUT2D eigenvalue weighted by Crippen LogP contribution is -2.34. The molecule has 0 fully saturated rings. The van der Waals surface area contributed by atoms with E-state index in [0.717, 1.165) is 11.1 Å². The number of benzene rings is 2. The summed E-state index contributed by atoms with van der Waals surface area (Å²) in [5, 5.41) is 7.30. The summed E-state index contributed by atoms with van der Waals surface area (Å²) >= 11 is 0. The zero-order valence-electron chi connectivity index (χ0n) is 14.8. The van der Waals surface area contributed by atoms with E-state index < -0.39 is 6.04 Å². The Bertz CT molecular complexity index is 947. The molecule has 5 nitrogen and oxygen atoms in total. The minimum atomic E-state index is -0.673.